The fraction of sp³-hybridized carbons (Fsp3) is 0.250. The smallest absolute Gasteiger partial charge is 0.113 e. The number of nitrogens with two attached hydrogens (primary N) is 1. The first-order chi connectivity index (χ1) is 4.74. The van der Waals surface area contributed by atoms with E-state index in [2.05, 4.69) is 6.58 Å². The van der Waals surface area contributed by atoms with Crippen molar-refractivity contribution in [3.05, 3.63) is 36.0 Å². The van der Waals surface area contributed by atoms with Gasteiger partial charge in [0, 0.05) is 0 Å². The Morgan fingerprint density at radius 2 is 2.30 bits per heavy atom. The van der Waals surface area contributed by atoms with Gasteiger partial charge in [0.05, 0.1) is 0 Å². The molecule has 0 aromatic rings. The zero-order chi connectivity index (χ0) is 7.98. The highest BCUT2D eigenvalue weighted by Gasteiger charge is 1.85. The van der Waals surface area contributed by atoms with Crippen molar-refractivity contribution in [3.8, 4) is 0 Å². The van der Waals surface area contributed by atoms with Crippen molar-refractivity contribution in [1.82, 2.24) is 0 Å². The lowest BCUT2D eigenvalue weighted by molar-refractivity contribution is 1.13. The summed E-state index contributed by atoms with van der Waals surface area (Å²) in [5, 5.41) is 0. The minimum Gasteiger partial charge on any atom is -0.404 e. The average Bonchev–Trinajstić information content (AvgIpc) is 1.99. The van der Waals surface area contributed by atoms with Gasteiger partial charge in [0.15, 0.2) is 0 Å². The van der Waals surface area contributed by atoms with E-state index in [9.17, 15) is 0 Å². The van der Waals surface area contributed by atoms with Crippen molar-refractivity contribution in [2.75, 3.05) is 0 Å². The van der Waals surface area contributed by atoms with Crippen LogP contribution >= 0.6 is 0 Å². The molecule has 52 valence electrons. The molecule has 0 aliphatic rings. The van der Waals surface area contributed by atoms with Crippen LogP contribution in [-0.2, 0) is 0 Å². The molecule has 0 amide bonds. The van der Waals surface area contributed by atoms with Crippen LogP contribution in [0.25, 0.3) is 0 Å². The third-order valence-corrected chi connectivity index (χ3v) is 1.21. The number of hydrogen-bond acceptors (Lipinski definition) is 1. The van der Waals surface area contributed by atoms with Gasteiger partial charge in [-0.3, -0.25) is 0 Å². The molecule has 0 aromatic carbocycles. The van der Waals surface area contributed by atoms with Gasteiger partial charge in [-0.2, -0.15) is 0 Å². The molecule has 2 radical (unpaired) electrons. The number of rotatable bonds is 3. The molecule has 0 rings (SSSR count). The number of allylic oxidation sites excluding steroid dienone is 4. The van der Waals surface area contributed by atoms with Gasteiger partial charge in [0.1, 0.15) is 7.85 Å². The van der Waals surface area contributed by atoms with Crippen LogP contribution in [0.4, 0.5) is 0 Å². The Balaban J connectivity index is 4.22. The van der Waals surface area contributed by atoms with Crippen molar-refractivity contribution in [1.29, 1.82) is 0 Å². The molecular weight excluding hydrogens is 121 g/mol. The molecule has 2 heteroatoms. The Kier molecular flexibility index (Phi) is 4.47. The molecule has 0 saturated carbocycles. The van der Waals surface area contributed by atoms with Crippen LogP contribution in [0.15, 0.2) is 36.0 Å². The zero-order valence-electron chi connectivity index (χ0n) is 6.30. The quantitative estimate of drug-likeness (QED) is 0.457. The maximum atomic E-state index is 5.47. The molecule has 0 aliphatic heterocycles. The summed E-state index contributed by atoms with van der Waals surface area (Å²) in [7, 11) is 5.47. The third-order valence-electron chi connectivity index (χ3n) is 1.21. The van der Waals surface area contributed by atoms with Crippen LogP contribution in [0, 0.1) is 0 Å². The molecule has 0 saturated heterocycles. The van der Waals surface area contributed by atoms with E-state index in [1.54, 1.807) is 12.3 Å². The Morgan fingerprint density at radius 1 is 1.70 bits per heavy atom. The highest BCUT2D eigenvalue weighted by atomic mass is 14.5. The van der Waals surface area contributed by atoms with Crippen LogP contribution in [0.1, 0.15) is 13.3 Å². The average molecular weight is 133 g/mol. The third kappa shape index (κ3) is 3.18. The highest BCUT2D eigenvalue weighted by molar-refractivity contribution is 6.23. The molecule has 0 aromatic heterocycles. The fourth-order valence-electron chi connectivity index (χ4n) is 0.541. The van der Waals surface area contributed by atoms with Crippen molar-refractivity contribution in [2.24, 2.45) is 5.73 Å². The van der Waals surface area contributed by atoms with E-state index in [0.717, 1.165) is 12.0 Å². The Hall–Kier alpha value is -0.915. The molecule has 0 bridgehead atoms. The predicted molar refractivity (Wildman–Crippen MR) is 46.6 cm³/mol. The second kappa shape index (κ2) is 4.92. The van der Waals surface area contributed by atoms with Gasteiger partial charge >= 0.3 is 0 Å². The predicted octanol–water partition coefficient (Wildman–Crippen LogP) is 1.48. The van der Waals surface area contributed by atoms with Gasteiger partial charge < -0.3 is 5.73 Å². The second-order valence-electron chi connectivity index (χ2n) is 1.94. The molecule has 2 N–H and O–H groups in total. The van der Waals surface area contributed by atoms with Crippen molar-refractivity contribution < 1.29 is 0 Å². The standard InChI is InChI=1S/C8H12BN/c1-3-7(6-10)5-8(9)4-2/h4-6H,2-3,10H2,1H3/b7-6-,8-5+. The maximum Gasteiger partial charge on any atom is 0.113 e. The Bertz CT molecular complexity index is 168. The van der Waals surface area contributed by atoms with Gasteiger partial charge in [-0.05, 0) is 18.2 Å². The minimum absolute atomic E-state index is 0.651. The molecule has 0 spiro atoms. The number of hydrogen-bond donors (Lipinski definition) is 1. The van der Waals surface area contributed by atoms with Gasteiger partial charge in [-0.25, -0.2) is 0 Å². The van der Waals surface area contributed by atoms with E-state index >= 15 is 0 Å². The van der Waals surface area contributed by atoms with Crippen LogP contribution in [0.5, 0.6) is 0 Å². The monoisotopic (exact) mass is 133 g/mol. The van der Waals surface area contributed by atoms with E-state index in [1.807, 2.05) is 13.0 Å². The second-order valence-corrected chi connectivity index (χ2v) is 1.94. The van der Waals surface area contributed by atoms with Crippen LogP contribution in [0.3, 0.4) is 0 Å². The molecule has 0 atom stereocenters. The summed E-state index contributed by atoms with van der Waals surface area (Å²) in [6, 6.07) is 0. The largest absolute Gasteiger partial charge is 0.404 e. The van der Waals surface area contributed by atoms with E-state index < -0.39 is 0 Å². The molecule has 1 nitrogen and oxygen atoms in total. The van der Waals surface area contributed by atoms with Gasteiger partial charge in [0.2, 0.25) is 0 Å². The first-order valence-electron chi connectivity index (χ1n) is 3.25. The zero-order valence-corrected chi connectivity index (χ0v) is 6.30. The van der Waals surface area contributed by atoms with Gasteiger partial charge in [-0.15, -0.1) is 0 Å². The van der Waals surface area contributed by atoms with E-state index in [-0.39, 0.29) is 0 Å². The molecular formula is C8H12BN. The van der Waals surface area contributed by atoms with Crippen LogP contribution in [-0.4, -0.2) is 7.85 Å². The molecule has 10 heavy (non-hydrogen) atoms. The maximum absolute atomic E-state index is 5.47. The lowest BCUT2D eigenvalue weighted by atomic mass is 9.93. The summed E-state index contributed by atoms with van der Waals surface area (Å²) in [4.78, 5) is 0. The normalized spacial score (nSPS) is 13.3. The van der Waals surface area contributed by atoms with E-state index in [4.69, 9.17) is 13.6 Å². The fourth-order valence-corrected chi connectivity index (χ4v) is 0.541. The molecule has 0 heterocycles. The summed E-state index contributed by atoms with van der Waals surface area (Å²) in [6.07, 6.45) is 5.85. The van der Waals surface area contributed by atoms with Crippen molar-refractivity contribution in [3.63, 3.8) is 0 Å². The molecule has 0 unspecified atom stereocenters. The van der Waals surface area contributed by atoms with Crippen LogP contribution < -0.4 is 5.73 Å². The van der Waals surface area contributed by atoms with Crippen LogP contribution in [0.2, 0.25) is 0 Å². The molecule has 0 fully saturated rings. The Morgan fingerprint density at radius 3 is 2.60 bits per heavy atom. The summed E-state index contributed by atoms with van der Waals surface area (Å²) in [5.74, 6) is 0. The Labute approximate surface area is 63.7 Å². The van der Waals surface area contributed by atoms with E-state index in [0.29, 0.717) is 5.47 Å². The van der Waals surface area contributed by atoms with Gasteiger partial charge in [0.25, 0.3) is 0 Å². The van der Waals surface area contributed by atoms with Crippen molar-refractivity contribution in [2.45, 2.75) is 13.3 Å². The lowest BCUT2D eigenvalue weighted by Gasteiger charge is -1.95. The summed E-state index contributed by atoms with van der Waals surface area (Å²) in [5.41, 5.74) is 6.97. The van der Waals surface area contributed by atoms with E-state index in [1.165, 1.54) is 0 Å². The minimum atomic E-state index is 0.651. The van der Waals surface area contributed by atoms with Gasteiger partial charge in [-0.1, -0.05) is 31.1 Å². The highest BCUT2D eigenvalue weighted by Crippen LogP contribution is 2.03. The summed E-state index contributed by atoms with van der Waals surface area (Å²) < 4.78 is 0. The lowest BCUT2D eigenvalue weighted by Crippen LogP contribution is -1.86. The molecule has 0 aliphatic carbocycles. The first kappa shape index (κ1) is 9.08. The summed E-state index contributed by atoms with van der Waals surface area (Å²) >= 11 is 0. The summed E-state index contributed by atoms with van der Waals surface area (Å²) in [6.45, 7) is 5.54. The van der Waals surface area contributed by atoms with Crippen molar-refractivity contribution >= 4 is 7.85 Å². The topological polar surface area (TPSA) is 26.0 Å². The SMILES string of the molecule is [B]/C(C=C)=C/C(=C\N)CC. The first-order valence-corrected chi connectivity index (χ1v) is 3.25.